The van der Waals surface area contributed by atoms with Gasteiger partial charge in [-0.2, -0.15) is 0 Å². The number of carbonyl (C=O) groups excluding carboxylic acids is 1. The molecule has 0 spiro atoms. The van der Waals surface area contributed by atoms with Crippen LogP contribution < -0.4 is 15.4 Å². The van der Waals surface area contributed by atoms with Gasteiger partial charge in [0.05, 0.1) is 0 Å². The maximum atomic E-state index is 11.8. The maximum Gasteiger partial charge on any atom is 0.260 e. The molecular formula is C15H24N2O2. The fourth-order valence-electron chi connectivity index (χ4n) is 1.72. The third-order valence-corrected chi connectivity index (χ3v) is 2.79. The summed E-state index contributed by atoms with van der Waals surface area (Å²) in [6.07, 6.45) is 1.60. The van der Waals surface area contributed by atoms with Crippen LogP contribution >= 0.6 is 0 Å². The van der Waals surface area contributed by atoms with Crippen LogP contribution in [-0.2, 0) is 11.3 Å². The largest absolute Gasteiger partial charge is 0.481 e. The van der Waals surface area contributed by atoms with E-state index in [1.54, 1.807) is 6.92 Å². The number of ether oxygens (including phenoxy) is 1. The molecule has 1 amide bonds. The summed E-state index contributed by atoms with van der Waals surface area (Å²) in [6, 6.07) is 7.78. The van der Waals surface area contributed by atoms with E-state index in [1.165, 1.54) is 0 Å². The summed E-state index contributed by atoms with van der Waals surface area (Å²) in [4.78, 5) is 11.8. The standard InChI is InChI=1S/C15H24N2O2/c1-4-5-9-17-15(18)12(2)19-14-8-6-7-13(10-14)11-16-3/h6-8,10,12,16H,4-5,9,11H2,1-3H3,(H,17,18). The van der Waals surface area contributed by atoms with Crippen LogP contribution in [-0.4, -0.2) is 25.6 Å². The van der Waals surface area contributed by atoms with Crippen molar-refractivity contribution in [3.8, 4) is 5.75 Å². The van der Waals surface area contributed by atoms with Gasteiger partial charge in [0.2, 0.25) is 0 Å². The number of amides is 1. The second kappa shape index (κ2) is 8.53. The van der Waals surface area contributed by atoms with Crippen LogP contribution in [0, 0.1) is 0 Å². The van der Waals surface area contributed by atoms with Gasteiger partial charge >= 0.3 is 0 Å². The van der Waals surface area contributed by atoms with E-state index in [-0.39, 0.29) is 5.91 Å². The van der Waals surface area contributed by atoms with Gasteiger partial charge in [-0.1, -0.05) is 25.5 Å². The van der Waals surface area contributed by atoms with E-state index in [9.17, 15) is 4.79 Å². The summed E-state index contributed by atoms with van der Waals surface area (Å²) in [7, 11) is 1.90. The minimum atomic E-state index is -0.471. The van der Waals surface area contributed by atoms with Crippen molar-refractivity contribution < 1.29 is 9.53 Å². The van der Waals surface area contributed by atoms with Crippen LogP contribution in [0.5, 0.6) is 5.75 Å². The summed E-state index contributed by atoms with van der Waals surface area (Å²) in [5.74, 6) is 0.665. The predicted octanol–water partition coefficient (Wildman–Crippen LogP) is 2.09. The molecule has 0 fully saturated rings. The zero-order chi connectivity index (χ0) is 14.1. The van der Waals surface area contributed by atoms with Gasteiger partial charge in [0.25, 0.3) is 5.91 Å². The summed E-state index contributed by atoms with van der Waals surface area (Å²) in [5, 5.41) is 5.95. The summed E-state index contributed by atoms with van der Waals surface area (Å²) < 4.78 is 5.65. The third kappa shape index (κ3) is 5.75. The van der Waals surface area contributed by atoms with E-state index in [0.29, 0.717) is 6.54 Å². The number of hydrogen-bond acceptors (Lipinski definition) is 3. The minimum absolute atomic E-state index is 0.0625. The normalized spacial score (nSPS) is 11.9. The summed E-state index contributed by atoms with van der Waals surface area (Å²) in [5.41, 5.74) is 1.14. The van der Waals surface area contributed by atoms with E-state index >= 15 is 0 Å². The third-order valence-electron chi connectivity index (χ3n) is 2.79. The van der Waals surface area contributed by atoms with Crippen LogP contribution in [0.25, 0.3) is 0 Å². The van der Waals surface area contributed by atoms with E-state index in [0.717, 1.165) is 30.7 Å². The van der Waals surface area contributed by atoms with E-state index in [1.807, 2.05) is 31.3 Å². The average molecular weight is 264 g/mol. The topological polar surface area (TPSA) is 50.4 Å². The number of unbranched alkanes of at least 4 members (excludes halogenated alkanes) is 1. The van der Waals surface area contributed by atoms with Gasteiger partial charge in [-0.3, -0.25) is 4.79 Å². The molecule has 0 saturated heterocycles. The molecular weight excluding hydrogens is 240 g/mol. The van der Waals surface area contributed by atoms with Gasteiger partial charge in [-0.15, -0.1) is 0 Å². The van der Waals surface area contributed by atoms with Crippen molar-refractivity contribution in [3.63, 3.8) is 0 Å². The highest BCUT2D eigenvalue weighted by molar-refractivity contribution is 5.80. The van der Waals surface area contributed by atoms with Crippen LogP contribution in [0.1, 0.15) is 32.3 Å². The Hall–Kier alpha value is -1.55. The van der Waals surface area contributed by atoms with Crippen molar-refractivity contribution in [3.05, 3.63) is 29.8 Å². The number of benzene rings is 1. The lowest BCUT2D eigenvalue weighted by Crippen LogP contribution is -2.36. The van der Waals surface area contributed by atoms with Crippen molar-refractivity contribution in [2.24, 2.45) is 0 Å². The highest BCUT2D eigenvalue weighted by Gasteiger charge is 2.13. The zero-order valence-electron chi connectivity index (χ0n) is 12.0. The molecule has 0 radical (unpaired) electrons. The molecule has 0 saturated carbocycles. The first-order valence-corrected chi connectivity index (χ1v) is 6.85. The quantitative estimate of drug-likeness (QED) is 0.707. The Morgan fingerprint density at radius 3 is 2.89 bits per heavy atom. The van der Waals surface area contributed by atoms with Gasteiger partial charge in [0.15, 0.2) is 6.10 Å². The van der Waals surface area contributed by atoms with E-state index < -0.39 is 6.10 Å². The molecule has 0 heterocycles. The van der Waals surface area contributed by atoms with Gasteiger partial charge in [0, 0.05) is 13.1 Å². The molecule has 1 unspecified atom stereocenters. The van der Waals surface area contributed by atoms with Crippen LogP contribution in [0.15, 0.2) is 24.3 Å². The van der Waals surface area contributed by atoms with Crippen molar-refractivity contribution in [2.45, 2.75) is 39.3 Å². The number of hydrogen-bond donors (Lipinski definition) is 2. The number of carbonyl (C=O) groups is 1. The molecule has 106 valence electrons. The molecule has 0 aliphatic heterocycles. The van der Waals surface area contributed by atoms with Gasteiger partial charge < -0.3 is 15.4 Å². The Bertz CT molecular complexity index is 393. The molecule has 0 aliphatic carbocycles. The first-order chi connectivity index (χ1) is 9.17. The maximum absolute atomic E-state index is 11.8. The smallest absolute Gasteiger partial charge is 0.260 e. The average Bonchev–Trinajstić information content (AvgIpc) is 2.39. The Labute approximate surface area is 115 Å². The lowest BCUT2D eigenvalue weighted by Gasteiger charge is -2.15. The summed E-state index contributed by atoms with van der Waals surface area (Å²) >= 11 is 0. The zero-order valence-corrected chi connectivity index (χ0v) is 12.0. The van der Waals surface area contributed by atoms with Crippen LogP contribution in [0.2, 0.25) is 0 Å². The molecule has 0 aliphatic rings. The Balaban J connectivity index is 2.48. The van der Waals surface area contributed by atoms with Gasteiger partial charge in [-0.25, -0.2) is 0 Å². The van der Waals surface area contributed by atoms with Crippen molar-refractivity contribution in [1.29, 1.82) is 0 Å². The van der Waals surface area contributed by atoms with Crippen LogP contribution in [0.3, 0.4) is 0 Å². The molecule has 4 nitrogen and oxygen atoms in total. The highest BCUT2D eigenvalue weighted by atomic mass is 16.5. The Kier molecular flexibility index (Phi) is 6.97. The first kappa shape index (κ1) is 15.5. The molecule has 1 atom stereocenters. The SMILES string of the molecule is CCCCNC(=O)C(C)Oc1cccc(CNC)c1. The molecule has 4 heteroatoms. The van der Waals surface area contributed by atoms with E-state index in [2.05, 4.69) is 17.6 Å². The second-order valence-corrected chi connectivity index (χ2v) is 4.58. The first-order valence-electron chi connectivity index (χ1n) is 6.85. The monoisotopic (exact) mass is 264 g/mol. The molecule has 0 aromatic heterocycles. The Morgan fingerprint density at radius 1 is 1.42 bits per heavy atom. The second-order valence-electron chi connectivity index (χ2n) is 4.58. The molecule has 1 rings (SSSR count). The molecule has 19 heavy (non-hydrogen) atoms. The van der Waals surface area contributed by atoms with Crippen LogP contribution in [0.4, 0.5) is 0 Å². The summed E-state index contributed by atoms with van der Waals surface area (Å²) in [6.45, 7) is 5.36. The lowest BCUT2D eigenvalue weighted by molar-refractivity contribution is -0.127. The van der Waals surface area contributed by atoms with Gasteiger partial charge in [-0.05, 0) is 38.1 Å². The van der Waals surface area contributed by atoms with E-state index in [4.69, 9.17) is 4.74 Å². The predicted molar refractivity (Wildman–Crippen MR) is 77.2 cm³/mol. The fourth-order valence-corrected chi connectivity index (χ4v) is 1.72. The molecule has 1 aromatic carbocycles. The van der Waals surface area contributed by atoms with Crippen molar-refractivity contribution in [1.82, 2.24) is 10.6 Å². The lowest BCUT2D eigenvalue weighted by atomic mass is 10.2. The minimum Gasteiger partial charge on any atom is -0.481 e. The number of nitrogens with one attached hydrogen (secondary N) is 2. The number of rotatable bonds is 8. The Morgan fingerprint density at radius 2 is 2.21 bits per heavy atom. The fraction of sp³-hybridized carbons (Fsp3) is 0.533. The van der Waals surface area contributed by atoms with Gasteiger partial charge in [0.1, 0.15) is 5.75 Å². The molecule has 0 bridgehead atoms. The van der Waals surface area contributed by atoms with Crippen molar-refractivity contribution in [2.75, 3.05) is 13.6 Å². The molecule has 1 aromatic rings. The molecule has 2 N–H and O–H groups in total. The highest BCUT2D eigenvalue weighted by Crippen LogP contribution is 2.14. The van der Waals surface area contributed by atoms with Crippen molar-refractivity contribution >= 4 is 5.91 Å².